The zero-order chi connectivity index (χ0) is 9.80. The molecule has 0 atom stereocenters. The molecule has 76 valence electrons. The van der Waals surface area contributed by atoms with Crippen molar-refractivity contribution in [3.63, 3.8) is 0 Å². The lowest BCUT2D eigenvalue weighted by molar-refractivity contribution is 0.164. The Morgan fingerprint density at radius 2 is 1.93 bits per heavy atom. The van der Waals surface area contributed by atoms with Gasteiger partial charge in [0.25, 0.3) is 0 Å². The fraction of sp³-hybridized carbons (Fsp3) is 0.600. The van der Waals surface area contributed by atoms with Crippen LogP contribution in [0.2, 0.25) is 0 Å². The Morgan fingerprint density at radius 1 is 1.14 bits per heavy atom. The Morgan fingerprint density at radius 3 is 2.50 bits per heavy atom. The molecule has 1 heterocycles. The number of nitroso groups, excluding NO2 is 1. The SMILES string of the molecule is O=NN1CCN(C2=CCCC=C2)CC1. The minimum atomic E-state index is 0.745. The minimum Gasteiger partial charge on any atom is -0.368 e. The summed E-state index contributed by atoms with van der Waals surface area (Å²) < 4.78 is 0. The number of hydrogen-bond donors (Lipinski definition) is 0. The summed E-state index contributed by atoms with van der Waals surface area (Å²) in [5, 5.41) is 4.53. The first-order valence-corrected chi connectivity index (χ1v) is 5.10. The third-order valence-corrected chi connectivity index (χ3v) is 2.71. The molecule has 0 aromatic carbocycles. The number of piperazine rings is 1. The highest BCUT2D eigenvalue weighted by Crippen LogP contribution is 2.16. The van der Waals surface area contributed by atoms with Crippen molar-refractivity contribution >= 4 is 0 Å². The summed E-state index contributed by atoms with van der Waals surface area (Å²) >= 11 is 0. The van der Waals surface area contributed by atoms with Gasteiger partial charge >= 0.3 is 0 Å². The lowest BCUT2D eigenvalue weighted by Gasteiger charge is -2.34. The van der Waals surface area contributed by atoms with Crippen molar-refractivity contribution < 1.29 is 0 Å². The second-order valence-electron chi connectivity index (χ2n) is 3.63. The molecule has 0 aromatic rings. The molecule has 1 aliphatic heterocycles. The quantitative estimate of drug-likeness (QED) is 0.624. The molecule has 0 aromatic heterocycles. The Labute approximate surface area is 83.8 Å². The van der Waals surface area contributed by atoms with Gasteiger partial charge in [-0.15, -0.1) is 4.91 Å². The molecule has 0 saturated carbocycles. The summed E-state index contributed by atoms with van der Waals surface area (Å²) in [6.07, 6.45) is 8.94. The molecule has 1 aliphatic carbocycles. The van der Waals surface area contributed by atoms with E-state index < -0.39 is 0 Å². The lowest BCUT2D eigenvalue weighted by atomic mass is 10.1. The molecule has 4 nitrogen and oxygen atoms in total. The summed E-state index contributed by atoms with van der Waals surface area (Å²) in [6.45, 7) is 3.30. The van der Waals surface area contributed by atoms with Crippen LogP contribution in [-0.4, -0.2) is 36.1 Å². The van der Waals surface area contributed by atoms with Crippen LogP contribution in [0.1, 0.15) is 12.8 Å². The van der Waals surface area contributed by atoms with E-state index in [4.69, 9.17) is 0 Å². The van der Waals surface area contributed by atoms with Crippen LogP contribution in [0.25, 0.3) is 0 Å². The second kappa shape index (κ2) is 4.26. The summed E-state index contributed by atoms with van der Waals surface area (Å²) in [6, 6.07) is 0. The molecule has 0 unspecified atom stereocenters. The van der Waals surface area contributed by atoms with Crippen molar-refractivity contribution in [1.29, 1.82) is 0 Å². The maximum Gasteiger partial charge on any atom is 0.0568 e. The van der Waals surface area contributed by atoms with Crippen molar-refractivity contribution in [2.24, 2.45) is 5.29 Å². The van der Waals surface area contributed by atoms with Gasteiger partial charge < -0.3 is 4.90 Å². The van der Waals surface area contributed by atoms with Crippen molar-refractivity contribution in [2.45, 2.75) is 12.8 Å². The van der Waals surface area contributed by atoms with Crippen LogP contribution >= 0.6 is 0 Å². The maximum atomic E-state index is 10.3. The van der Waals surface area contributed by atoms with E-state index in [9.17, 15) is 4.91 Å². The van der Waals surface area contributed by atoms with E-state index in [0.717, 1.165) is 39.0 Å². The molecule has 2 rings (SSSR count). The third-order valence-electron chi connectivity index (χ3n) is 2.71. The normalized spacial score (nSPS) is 22.1. The van der Waals surface area contributed by atoms with Gasteiger partial charge in [-0.3, -0.25) is 5.01 Å². The van der Waals surface area contributed by atoms with E-state index in [1.165, 1.54) is 5.70 Å². The maximum absolute atomic E-state index is 10.3. The Hall–Kier alpha value is -1.32. The summed E-state index contributed by atoms with van der Waals surface area (Å²) in [4.78, 5) is 12.6. The number of nitrogens with zero attached hydrogens (tertiary/aromatic N) is 3. The molecule has 0 amide bonds. The fourth-order valence-corrected chi connectivity index (χ4v) is 1.87. The van der Waals surface area contributed by atoms with Gasteiger partial charge in [-0.05, 0) is 18.9 Å². The first-order valence-electron chi connectivity index (χ1n) is 5.10. The minimum absolute atomic E-state index is 0.745. The van der Waals surface area contributed by atoms with Crippen LogP contribution in [0.3, 0.4) is 0 Å². The van der Waals surface area contributed by atoms with E-state index in [0.29, 0.717) is 0 Å². The molecular formula is C10H15N3O. The van der Waals surface area contributed by atoms with E-state index in [-0.39, 0.29) is 0 Å². The van der Waals surface area contributed by atoms with Gasteiger partial charge in [-0.1, -0.05) is 12.2 Å². The molecule has 14 heavy (non-hydrogen) atoms. The van der Waals surface area contributed by atoms with E-state index in [2.05, 4.69) is 28.4 Å². The Bertz CT molecular complexity index is 265. The van der Waals surface area contributed by atoms with Gasteiger partial charge in [-0.25, -0.2) is 0 Å². The first-order chi connectivity index (χ1) is 6.90. The van der Waals surface area contributed by atoms with Crippen molar-refractivity contribution in [3.05, 3.63) is 28.8 Å². The van der Waals surface area contributed by atoms with E-state index >= 15 is 0 Å². The van der Waals surface area contributed by atoms with Gasteiger partial charge in [0.05, 0.1) is 18.4 Å². The third kappa shape index (κ3) is 1.95. The van der Waals surface area contributed by atoms with Crippen LogP contribution in [-0.2, 0) is 0 Å². The van der Waals surface area contributed by atoms with Crippen LogP contribution < -0.4 is 0 Å². The first kappa shape index (κ1) is 9.24. The van der Waals surface area contributed by atoms with Crippen LogP contribution in [0, 0.1) is 4.91 Å². The van der Waals surface area contributed by atoms with Crippen LogP contribution in [0.4, 0.5) is 0 Å². The monoisotopic (exact) mass is 193 g/mol. The van der Waals surface area contributed by atoms with Crippen molar-refractivity contribution in [1.82, 2.24) is 9.91 Å². The Balaban J connectivity index is 1.91. The van der Waals surface area contributed by atoms with Gasteiger partial charge in [0, 0.05) is 18.8 Å². The summed E-state index contributed by atoms with van der Waals surface area (Å²) in [7, 11) is 0. The van der Waals surface area contributed by atoms with Crippen LogP contribution in [0.15, 0.2) is 29.2 Å². The van der Waals surface area contributed by atoms with Gasteiger partial charge in [0.1, 0.15) is 0 Å². The molecule has 1 saturated heterocycles. The predicted octanol–water partition coefficient (Wildman–Crippen LogP) is 1.52. The Kier molecular flexibility index (Phi) is 2.81. The fourth-order valence-electron chi connectivity index (χ4n) is 1.87. The average molecular weight is 193 g/mol. The molecule has 1 fully saturated rings. The van der Waals surface area contributed by atoms with E-state index in [1.54, 1.807) is 5.01 Å². The molecule has 4 heteroatoms. The smallest absolute Gasteiger partial charge is 0.0568 e. The molecule has 0 bridgehead atoms. The molecule has 0 spiro atoms. The molecule has 0 radical (unpaired) electrons. The van der Waals surface area contributed by atoms with Crippen molar-refractivity contribution in [2.75, 3.05) is 26.2 Å². The van der Waals surface area contributed by atoms with Crippen LogP contribution in [0.5, 0.6) is 0 Å². The van der Waals surface area contributed by atoms with Gasteiger partial charge in [-0.2, -0.15) is 0 Å². The van der Waals surface area contributed by atoms with E-state index in [1.807, 2.05) is 0 Å². The number of rotatable bonds is 2. The number of allylic oxidation sites excluding steroid dienone is 3. The second-order valence-corrected chi connectivity index (χ2v) is 3.63. The molecule has 0 N–H and O–H groups in total. The number of hydrogen-bond acceptors (Lipinski definition) is 3. The molecule has 2 aliphatic rings. The van der Waals surface area contributed by atoms with Crippen molar-refractivity contribution in [3.8, 4) is 0 Å². The summed E-state index contributed by atoms with van der Waals surface area (Å²) in [5.74, 6) is 0. The standard InChI is InChI=1S/C10H15N3O/c14-11-13-8-6-12(7-9-13)10-4-2-1-3-5-10/h2,4-5H,1,3,6-9H2. The predicted molar refractivity (Wildman–Crippen MR) is 55.4 cm³/mol. The topological polar surface area (TPSA) is 35.9 Å². The van der Waals surface area contributed by atoms with Gasteiger partial charge in [0.15, 0.2) is 0 Å². The molecular weight excluding hydrogens is 178 g/mol. The highest BCUT2D eigenvalue weighted by Gasteiger charge is 2.17. The zero-order valence-corrected chi connectivity index (χ0v) is 8.22. The lowest BCUT2D eigenvalue weighted by Crippen LogP contribution is -2.43. The highest BCUT2D eigenvalue weighted by atomic mass is 16.3. The summed E-state index contributed by atoms with van der Waals surface area (Å²) in [5.41, 5.74) is 1.31. The zero-order valence-electron chi connectivity index (χ0n) is 8.22. The largest absolute Gasteiger partial charge is 0.368 e. The average Bonchev–Trinajstić information content (AvgIpc) is 2.30. The van der Waals surface area contributed by atoms with Gasteiger partial charge in [0.2, 0.25) is 0 Å². The highest BCUT2D eigenvalue weighted by molar-refractivity contribution is 5.21.